The number of pyridine rings is 8. The summed E-state index contributed by atoms with van der Waals surface area (Å²) >= 11 is 0. The van der Waals surface area contributed by atoms with Gasteiger partial charge in [-0.2, -0.15) is 0 Å². The second kappa shape index (κ2) is 24.2. The smallest absolute Gasteiger partial charge is 0.227 e. The van der Waals surface area contributed by atoms with E-state index in [4.69, 9.17) is 39.6 Å². The Morgan fingerprint density at radius 3 is 1.25 bits per heavy atom. The minimum atomic E-state index is -2.44. The van der Waals surface area contributed by atoms with Gasteiger partial charge in [-0.25, -0.2) is 38.2 Å². The molecule has 0 N–H and O–H groups in total. The van der Waals surface area contributed by atoms with Gasteiger partial charge in [-0.3, -0.25) is 0 Å². The minimum Gasteiger partial charge on any atom is -0.437 e. The molecule has 12 aromatic heterocycles. The molecule has 0 amide bonds. The summed E-state index contributed by atoms with van der Waals surface area (Å²) in [5, 5.41) is 6.99. The second-order valence-electron chi connectivity index (χ2n) is 23.3. The molecule has 0 aliphatic heterocycles. The maximum absolute atomic E-state index is 8.45. The Kier molecular flexibility index (Phi) is 11.6. The fourth-order valence-electron chi connectivity index (χ4n) is 12.3. The SMILES string of the molecule is [2H]C([2H])([2H])C([2H])(C)c1cc[n+](C)c(-c2c(C)ccc3c2oc2ncccc23)c1.[2H]C([2H])([2H])c1c[n+](C)c(-c2c(C)ccc3c2oc2ncccc23)cc1C.[2H]C([2H])([2H])c1ccc(-c2c(C)cc(C([2H])([2H])[2H])c3c2oc2ncccc23)[n+](C)c1.[2H]C([2H])([2H])c1ccc(-c2c(C)ccc3c2oc2ncccc23)[n+](C)c1. The first kappa shape index (κ1) is 43.9. The Morgan fingerprint density at radius 1 is 0.370 bits per heavy atom. The van der Waals surface area contributed by atoms with Crippen LogP contribution in [0.2, 0.25) is 0 Å². The van der Waals surface area contributed by atoms with E-state index >= 15 is 0 Å². The fraction of sp³-hybridized carbons (Fsp3) is 0.200. The van der Waals surface area contributed by atoms with E-state index in [1.54, 1.807) is 110 Å². The van der Waals surface area contributed by atoms with Crippen LogP contribution in [0, 0.1) is 62.0 Å². The third kappa shape index (κ3) is 10.9. The number of aryl methyl sites for hydroxylation is 13. The standard InChI is InChI=1S/C21H21N2O.2C20H19N2O.C19H17N2O/c1-13(2)15-9-11-23(4)18(12-15)19-14(3)7-8-16-17-6-5-10-22-21(17)24-20(16)19;1-12-7-8-15-16-6-5-9-21-20(16)23-19(15)18(12)17-10-13(2)14(3)11-22(17)4;1-12-7-8-16(22(4)11-12)18-14(3)10-13(2)17-15-6-5-9-21-20(15)23-19(17)18;1-12-6-9-16(21(3)11-12)17-13(2)7-8-14-15-5-4-10-20-19(15)22-18(14)17/h5-13H,1-4H3;2*5-11H,1-4H3;4-11H,1-3H3/q4*+1/i1D3,13D;3D3;1D3,2D3;1D3. The van der Waals surface area contributed by atoms with Crippen LogP contribution in [-0.2, 0) is 28.2 Å². The van der Waals surface area contributed by atoms with E-state index in [1.165, 1.54) is 6.92 Å². The number of aromatic nitrogens is 8. The predicted molar refractivity (Wildman–Crippen MR) is 369 cm³/mol. The van der Waals surface area contributed by atoms with Crippen LogP contribution in [0.1, 0.15) is 97.2 Å². The molecular formula is C80H76N8O4+4. The highest BCUT2D eigenvalue weighted by Gasteiger charge is 2.26. The first-order chi connectivity index (χ1) is 50.7. The zero-order chi connectivity index (χ0) is 77.8. The van der Waals surface area contributed by atoms with E-state index < -0.39 is 40.2 Å². The van der Waals surface area contributed by atoms with Crippen LogP contribution in [0.4, 0.5) is 0 Å². The lowest BCUT2D eigenvalue weighted by molar-refractivity contribution is -0.660. The van der Waals surface area contributed by atoms with Crippen molar-refractivity contribution < 1.29 is 57.9 Å². The molecule has 0 spiro atoms. The number of hydrogen-bond donors (Lipinski definition) is 0. The normalized spacial score (nSPS) is 15.4. The highest BCUT2D eigenvalue weighted by Crippen LogP contribution is 2.41. The van der Waals surface area contributed by atoms with E-state index in [2.05, 4.69) is 32.1 Å². The molecule has 12 nitrogen and oxygen atoms in total. The molecule has 0 saturated carbocycles. The number of rotatable bonds is 5. The lowest BCUT2D eigenvalue weighted by Gasteiger charge is -2.09. The van der Waals surface area contributed by atoms with Crippen molar-refractivity contribution in [2.45, 2.75) is 81.7 Å². The Morgan fingerprint density at radius 2 is 0.793 bits per heavy atom. The monoisotopic (exact) mass is 1230 g/mol. The fourth-order valence-corrected chi connectivity index (χ4v) is 12.3. The van der Waals surface area contributed by atoms with Crippen molar-refractivity contribution in [2.75, 3.05) is 0 Å². The van der Waals surface area contributed by atoms with Gasteiger partial charge in [0.1, 0.15) is 28.2 Å². The minimum absolute atomic E-state index is 0.210. The van der Waals surface area contributed by atoms with Gasteiger partial charge in [-0.1, -0.05) is 56.2 Å². The number of benzene rings is 4. The Balaban J connectivity index is 0.000000127. The van der Waals surface area contributed by atoms with Crippen LogP contribution >= 0.6 is 0 Å². The molecule has 0 aliphatic carbocycles. The Hall–Kier alpha value is -10.7. The molecule has 12 heterocycles. The molecule has 0 fully saturated rings. The lowest BCUT2D eigenvalue weighted by Crippen LogP contribution is -2.31. The van der Waals surface area contributed by atoms with Gasteiger partial charge in [0.15, 0.2) is 47.1 Å². The summed E-state index contributed by atoms with van der Waals surface area (Å²) in [7, 11) is 7.37. The molecule has 92 heavy (non-hydrogen) atoms. The highest BCUT2D eigenvalue weighted by molar-refractivity contribution is 6.12. The summed E-state index contributed by atoms with van der Waals surface area (Å²) in [5.41, 5.74) is 17.8. The molecule has 12 heteroatoms. The molecule has 0 aliphatic rings. The summed E-state index contributed by atoms with van der Waals surface area (Å²) in [6.07, 6.45) is 13.4. The van der Waals surface area contributed by atoms with E-state index in [-0.39, 0.29) is 11.1 Å². The predicted octanol–water partition coefficient (Wildman–Crippen LogP) is 17.8. The molecule has 1 atom stereocenters. The van der Waals surface area contributed by atoms with Crippen molar-refractivity contribution in [3.63, 3.8) is 0 Å². The molecule has 456 valence electrons. The van der Waals surface area contributed by atoms with Gasteiger partial charge in [0.05, 0.1) is 22.3 Å². The van der Waals surface area contributed by atoms with Crippen LogP contribution in [-0.4, -0.2) is 19.9 Å². The van der Waals surface area contributed by atoms with E-state index in [9.17, 15) is 0 Å². The van der Waals surface area contributed by atoms with Crippen molar-refractivity contribution in [3.8, 4) is 45.0 Å². The average Bonchev–Trinajstić information content (AvgIpc) is 1.55. The summed E-state index contributed by atoms with van der Waals surface area (Å²) in [4.78, 5) is 17.2. The van der Waals surface area contributed by atoms with Gasteiger partial charge < -0.3 is 17.7 Å². The molecule has 0 bridgehead atoms. The summed E-state index contributed by atoms with van der Waals surface area (Å²) in [5.74, 6) is -1.72. The van der Waals surface area contributed by atoms with Crippen LogP contribution in [0.25, 0.3) is 133 Å². The number of hydrogen-bond acceptors (Lipinski definition) is 8. The molecule has 1 unspecified atom stereocenters. The lowest BCUT2D eigenvalue weighted by atomic mass is 9.97. The first-order valence-electron chi connectivity index (χ1n) is 37.9. The van der Waals surface area contributed by atoms with Gasteiger partial charge in [0.2, 0.25) is 45.6 Å². The molecule has 0 radical (unpaired) electrons. The number of fused-ring (bicyclic) bond motifs is 12. The molecule has 4 aromatic carbocycles. The maximum Gasteiger partial charge on any atom is 0.227 e. The van der Waals surface area contributed by atoms with Crippen LogP contribution in [0.15, 0.2) is 201 Å². The topological polar surface area (TPSA) is 120 Å². The quantitative estimate of drug-likeness (QED) is 0.156. The van der Waals surface area contributed by atoms with Gasteiger partial charge in [-0.05, 0) is 168 Å². The van der Waals surface area contributed by atoms with Crippen molar-refractivity contribution in [1.29, 1.82) is 0 Å². The third-order valence-electron chi connectivity index (χ3n) is 17.0. The van der Waals surface area contributed by atoms with Crippen molar-refractivity contribution in [3.05, 3.63) is 239 Å². The zero-order valence-corrected chi connectivity index (χ0v) is 52.5. The van der Waals surface area contributed by atoms with Gasteiger partial charge >= 0.3 is 0 Å². The average molecular weight is 1230 g/mol. The molecule has 0 saturated heterocycles. The highest BCUT2D eigenvalue weighted by atomic mass is 16.4. The van der Waals surface area contributed by atoms with Crippen molar-refractivity contribution in [2.24, 2.45) is 28.2 Å². The van der Waals surface area contributed by atoms with Crippen molar-refractivity contribution in [1.82, 2.24) is 19.9 Å². The first-order valence-corrected chi connectivity index (χ1v) is 29.9. The van der Waals surface area contributed by atoms with E-state index in [1.807, 2.05) is 142 Å². The number of nitrogens with zero attached hydrogens (tertiary/aromatic N) is 8. The summed E-state index contributed by atoms with van der Waals surface area (Å²) < 4.78 is 156. The van der Waals surface area contributed by atoms with Gasteiger partial charge in [0, 0.05) is 137 Å². The Bertz CT molecular complexity index is 6240. The summed E-state index contributed by atoms with van der Waals surface area (Å²) in [6.45, 7) is -0.0988. The van der Waals surface area contributed by atoms with Crippen molar-refractivity contribution >= 4 is 88.3 Å². The van der Waals surface area contributed by atoms with Crippen LogP contribution in [0.5, 0.6) is 0 Å². The molecule has 16 rings (SSSR count). The third-order valence-corrected chi connectivity index (χ3v) is 17.0. The summed E-state index contributed by atoms with van der Waals surface area (Å²) in [6, 6.07) is 41.2. The molecular weight excluding hydrogens is 1140 g/mol. The zero-order valence-electron chi connectivity index (χ0n) is 68.5. The Labute approximate surface area is 557 Å². The molecule has 16 aromatic rings. The largest absolute Gasteiger partial charge is 0.437 e. The van der Waals surface area contributed by atoms with Crippen LogP contribution < -0.4 is 18.3 Å². The maximum atomic E-state index is 8.45. The second-order valence-corrected chi connectivity index (χ2v) is 23.3. The van der Waals surface area contributed by atoms with E-state index in [0.717, 1.165) is 111 Å². The van der Waals surface area contributed by atoms with Crippen LogP contribution in [0.3, 0.4) is 0 Å². The number of furan rings is 4. The van der Waals surface area contributed by atoms with Gasteiger partial charge in [-0.15, -0.1) is 0 Å². The van der Waals surface area contributed by atoms with E-state index in [0.29, 0.717) is 67.0 Å². The van der Waals surface area contributed by atoms with Gasteiger partial charge in [0.25, 0.3) is 0 Å².